The lowest BCUT2D eigenvalue weighted by atomic mass is 10.1. The first-order chi connectivity index (χ1) is 7.67. The first kappa shape index (κ1) is 12.5. The Morgan fingerprint density at radius 3 is 2.56 bits per heavy atom. The van der Waals surface area contributed by atoms with Gasteiger partial charge in [-0.2, -0.15) is 0 Å². The second-order valence-electron chi connectivity index (χ2n) is 3.71. The zero-order chi connectivity index (χ0) is 12.0. The second kappa shape index (κ2) is 6.12. The molecule has 1 unspecified atom stereocenters. The summed E-state index contributed by atoms with van der Waals surface area (Å²) in [5.41, 5.74) is 6.76. The smallest absolute Gasteiger partial charge is 0.251 e. The van der Waals surface area contributed by atoms with E-state index >= 15 is 0 Å². The summed E-state index contributed by atoms with van der Waals surface area (Å²) in [5, 5.41) is 11.7. The fourth-order valence-electron chi connectivity index (χ4n) is 1.44. The van der Waals surface area contributed by atoms with Gasteiger partial charge < -0.3 is 16.2 Å². The van der Waals surface area contributed by atoms with Gasteiger partial charge in [0.2, 0.25) is 0 Å². The molecule has 0 spiro atoms. The molecule has 0 saturated carbocycles. The number of anilines is 1. The van der Waals surface area contributed by atoms with Crippen LogP contribution in [0, 0.1) is 0 Å². The molecular weight excluding hydrogens is 204 g/mol. The van der Waals surface area contributed by atoms with Crippen LogP contribution < -0.4 is 11.1 Å². The van der Waals surface area contributed by atoms with E-state index in [2.05, 4.69) is 5.32 Å². The van der Waals surface area contributed by atoms with Crippen LogP contribution in [0.15, 0.2) is 24.3 Å². The fourth-order valence-corrected chi connectivity index (χ4v) is 1.44. The number of benzene rings is 1. The number of aliphatic hydroxyl groups is 1. The van der Waals surface area contributed by atoms with Crippen LogP contribution in [-0.4, -0.2) is 23.7 Å². The van der Waals surface area contributed by atoms with Crippen LogP contribution in [-0.2, 0) is 0 Å². The molecular formula is C12H18N2O2. The lowest BCUT2D eigenvalue weighted by molar-refractivity contribution is 0.0929. The minimum Gasteiger partial charge on any atom is -0.399 e. The highest BCUT2D eigenvalue weighted by Gasteiger charge is 2.11. The number of aliphatic hydroxyl groups excluding tert-OH is 1. The third kappa shape index (κ3) is 3.55. The Kier molecular flexibility index (Phi) is 4.79. The van der Waals surface area contributed by atoms with Gasteiger partial charge in [-0.1, -0.05) is 6.92 Å². The standard InChI is InChI=1S/C12H18N2O2/c1-2-11(7-8-15)14-12(16)9-3-5-10(13)6-4-9/h3-6,11,15H,2,7-8,13H2,1H3,(H,14,16). The molecule has 1 aromatic rings. The van der Waals surface area contributed by atoms with Gasteiger partial charge in [-0.15, -0.1) is 0 Å². The SMILES string of the molecule is CCC(CCO)NC(=O)c1ccc(N)cc1. The van der Waals surface area contributed by atoms with Gasteiger partial charge in [0.05, 0.1) is 0 Å². The topological polar surface area (TPSA) is 75.3 Å². The Morgan fingerprint density at radius 2 is 2.06 bits per heavy atom. The van der Waals surface area contributed by atoms with Crippen molar-refractivity contribution in [2.75, 3.05) is 12.3 Å². The van der Waals surface area contributed by atoms with Gasteiger partial charge in [-0.3, -0.25) is 4.79 Å². The number of hydrogen-bond acceptors (Lipinski definition) is 3. The summed E-state index contributed by atoms with van der Waals surface area (Å²) < 4.78 is 0. The van der Waals surface area contributed by atoms with Crippen molar-refractivity contribution < 1.29 is 9.90 Å². The molecule has 0 fully saturated rings. The van der Waals surface area contributed by atoms with E-state index in [0.29, 0.717) is 17.7 Å². The molecule has 1 rings (SSSR count). The Morgan fingerprint density at radius 1 is 1.44 bits per heavy atom. The van der Waals surface area contributed by atoms with E-state index in [-0.39, 0.29) is 18.6 Å². The van der Waals surface area contributed by atoms with Gasteiger partial charge in [0.25, 0.3) is 5.91 Å². The lowest BCUT2D eigenvalue weighted by Gasteiger charge is -2.15. The molecule has 0 heterocycles. The number of carbonyl (C=O) groups is 1. The van der Waals surface area contributed by atoms with Crippen LogP contribution in [0.5, 0.6) is 0 Å². The average Bonchev–Trinajstić information content (AvgIpc) is 2.29. The molecule has 1 amide bonds. The molecule has 16 heavy (non-hydrogen) atoms. The van der Waals surface area contributed by atoms with Crippen molar-refractivity contribution >= 4 is 11.6 Å². The summed E-state index contributed by atoms with van der Waals surface area (Å²) in [6, 6.07) is 6.80. The van der Waals surface area contributed by atoms with Crippen molar-refractivity contribution in [3.8, 4) is 0 Å². The number of nitrogens with one attached hydrogen (secondary N) is 1. The van der Waals surface area contributed by atoms with E-state index in [1.807, 2.05) is 6.92 Å². The zero-order valence-electron chi connectivity index (χ0n) is 9.44. The quantitative estimate of drug-likeness (QED) is 0.654. The van der Waals surface area contributed by atoms with E-state index in [1.165, 1.54) is 0 Å². The molecule has 4 nitrogen and oxygen atoms in total. The van der Waals surface area contributed by atoms with Gasteiger partial charge in [0.15, 0.2) is 0 Å². The first-order valence-electron chi connectivity index (χ1n) is 5.44. The van der Waals surface area contributed by atoms with Crippen LogP contribution in [0.2, 0.25) is 0 Å². The van der Waals surface area contributed by atoms with Gasteiger partial charge in [0.1, 0.15) is 0 Å². The number of rotatable bonds is 5. The Balaban J connectivity index is 2.60. The monoisotopic (exact) mass is 222 g/mol. The molecule has 88 valence electrons. The largest absolute Gasteiger partial charge is 0.399 e. The van der Waals surface area contributed by atoms with Crippen LogP contribution in [0.4, 0.5) is 5.69 Å². The number of carbonyl (C=O) groups excluding carboxylic acids is 1. The summed E-state index contributed by atoms with van der Waals surface area (Å²) in [6.45, 7) is 2.06. The van der Waals surface area contributed by atoms with Gasteiger partial charge in [-0.25, -0.2) is 0 Å². The van der Waals surface area contributed by atoms with Gasteiger partial charge >= 0.3 is 0 Å². The summed E-state index contributed by atoms with van der Waals surface area (Å²) in [6.07, 6.45) is 1.39. The van der Waals surface area contributed by atoms with Crippen LogP contribution in [0.25, 0.3) is 0 Å². The van der Waals surface area contributed by atoms with Crippen molar-refractivity contribution in [2.45, 2.75) is 25.8 Å². The molecule has 1 aromatic carbocycles. The first-order valence-corrected chi connectivity index (χ1v) is 5.44. The number of hydrogen-bond donors (Lipinski definition) is 3. The fraction of sp³-hybridized carbons (Fsp3) is 0.417. The molecule has 0 aromatic heterocycles. The number of nitrogens with two attached hydrogens (primary N) is 1. The average molecular weight is 222 g/mol. The molecule has 0 aliphatic carbocycles. The lowest BCUT2D eigenvalue weighted by Crippen LogP contribution is -2.35. The summed E-state index contributed by atoms with van der Waals surface area (Å²) in [7, 11) is 0. The molecule has 1 atom stereocenters. The maximum atomic E-state index is 11.8. The predicted octanol–water partition coefficient (Wildman–Crippen LogP) is 1.16. The van der Waals surface area contributed by atoms with Gasteiger partial charge in [0, 0.05) is 23.9 Å². The van der Waals surface area contributed by atoms with Crippen LogP contribution in [0.1, 0.15) is 30.1 Å². The highest BCUT2D eigenvalue weighted by molar-refractivity contribution is 5.94. The third-order valence-electron chi connectivity index (χ3n) is 2.48. The number of nitrogen functional groups attached to an aromatic ring is 1. The van der Waals surface area contributed by atoms with E-state index in [1.54, 1.807) is 24.3 Å². The highest BCUT2D eigenvalue weighted by Crippen LogP contribution is 2.06. The maximum absolute atomic E-state index is 11.8. The molecule has 0 aliphatic rings. The van der Waals surface area contributed by atoms with E-state index in [9.17, 15) is 4.79 Å². The molecule has 4 heteroatoms. The highest BCUT2D eigenvalue weighted by atomic mass is 16.3. The molecule has 0 saturated heterocycles. The molecule has 4 N–H and O–H groups in total. The summed E-state index contributed by atoms with van der Waals surface area (Å²) in [4.78, 5) is 11.8. The third-order valence-corrected chi connectivity index (χ3v) is 2.48. The minimum atomic E-state index is -0.125. The molecule has 0 aliphatic heterocycles. The Hall–Kier alpha value is -1.55. The Bertz CT molecular complexity index is 335. The normalized spacial score (nSPS) is 12.1. The second-order valence-corrected chi connectivity index (χ2v) is 3.71. The van der Waals surface area contributed by atoms with Crippen LogP contribution in [0.3, 0.4) is 0 Å². The van der Waals surface area contributed by atoms with Crippen molar-refractivity contribution in [1.82, 2.24) is 5.32 Å². The van der Waals surface area contributed by atoms with Crippen molar-refractivity contribution in [2.24, 2.45) is 0 Å². The number of amides is 1. The Labute approximate surface area is 95.5 Å². The zero-order valence-corrected chi connectivity index (χ0v) is 9.44. The molecule has 0 bridgehead atoms. The predicted molar refractivity (Wildman–Crippen MR) is 64.1 cm³/mol. The van der Waals surface area contributed by atoms with Gasteiger partial charge in [-0.05, 0) is 37.1 Å². The molecule has 0 radical (unpaired) electrons. The van der Waals surface area contributed by atoms with E-state index in [4.69, 9.17) is 10.8 Å². The minimum absolute atomic E-state index is 0.0232. The van der Waals surface area contributed by atoms with Crippen molar-refractivity contribution in [3.63, 3.8) is 0 Å². The van der Waals surface area contributed by atoms with Crippen molar-refractivity contribution in [3.05, 3.63) is 29.8 Å². The van der Waals surface area contributed by atoms with E-state index < -0.39 is 0 Å². The maximum Gasteiger partial charge on any atom is 0.251 e. The van der Waals surface area contributed by atoms with Crippen molar-refractivity contribution in [1.29, 1.82) is 0 Å². The van der Waals surface area contributed by atoms with Crippen LogP contribution >= 0.6 is 0 Å². The van der Waals surface area contributed by atoms with E-state index in [0.717, 1.165) is 6.42 Å². The summed E-state index contributed by atoms with van der Waals surface area (Å²) >= 11 is 0. The summed E-state index contributed by atoms with van der Waals surface area (Å²) in [5.74, 6) is -0.125.